The Morgan fingerprint density at radius 2 is 2.22 bits per heavy atom. The molecule has 3 aromatic heterocycles. The van der Waals surface area contributed by atoms with Crippen molar-refractivity contribution in [2.75, 3.05) is 6.61 Å². The van der Waals surface area contributed by atoms with E-state index in [-0.39, 0.29) is 11.8 Å². The van der Waals surface area contributed by atoms with Crippen molar-refractivity contribution in [3.8, 4) is 11.3 Å². The molecule has 0 spiro atoms. The van der Waals surface area contributed by atoms with Gasteiger partial charge in [0.2, 0.25) is 0 Å². The van der Waals surface area contributed by atoms with Crippen LogP contribution >= 0.6 is 0 Å². The molecule has 0 radical (unpaired) electrons. The summed E-state index contributed by atoms with van der Waals surface area (Å²) >= 11 is 0. The maximum atomic E-state index is 11.2. The molecule has 3 aromatic rings. The van der Waals surface area contributed by atoms with E-state index in [0.29, 0.717) is 5.65 Å². The number of rotatable bonds is 3. The Hall–Kier alpha value is -2.67. The monoisotopic (exact) mass is 312 g/mol. The van der Waals surface area contributed by atoms with Gasteiger partial charge in [0.1, 0.15) is 11.8 Å². The molecule has 0 bridgehead atoms. The summed E-state index contributed by atoms with van der Waals surface area (Å²) in [6, 6.07) is 3.79. The summed E-state index contributed by atoms with van der Waals surface area (Å²) in [6.07, 6.45) is 10.4. The third-order valence-corrected chi connectivity index (χ3v) is 4.10. The fourth-order valence-electron chi connectivity index (χ4n) is 2.88. The van der Waals surface area contributed by atoms with Crippen molar-refractivity contribution in [1.29, 1.82) is 0 Å². The Kier molecular flexibility index (Phi) is 3.34. The molecule has 4 rings (SSSR count). The van der Waals surface area contributed by atoms with Crippen molar-refractivity contribution in [2.24, 2.45) is 0 Å². The Labute approximate surface area is 132 Å². The lowest BCUT2D eigenvalue weighted by Gasteiger charge is -2.23. The van der Waals surface area contributed by atoms with Gasteiger partial charge in [-0.05, 0) is 31.4 Å². The molecule has 0 amide bonds. The lowest BCUT2D eigenvalue weighted by atomic mass is 10.2. The second-order valence-electron chi connectivity index (χ2n) is 5.61. The maximum Gasteiger partial charge on any atom is 0.341 e. The third kappa shape index (κ3) is 2.49. The van der Waals surface area contributed by atoms with Crippen LogP contribution in [0, 0.1) is 0 Å². The van der Waals surface area contributed by atoms with Crippen LogP contribution in [0.4, 0.5) is 0 Å². The largest absolute Gasteiger partial charge is 0.477 e. The number of carbonyl (C=O) groups is 1. The highest BCUT2D eigenvalue weighted by atomic mass is 16.5. The molecule has 0 aromatic carbocycles. The first-order chi connectivity index (χ1) is 11.2. The summed E-state index contributed by atoms with van der Waals surface area (Å²) < 4.78 is 9.29. The summed E-state index contributed by atoms with van der Waals surface area (Å²) in [7, 11) is 0. The number of ether oxygens (including phenoxy) is 1. The van der Waals surface area contributed by atoms with Crippen molar-refractivity contribution in [3.05, 3.63) is 42.5 Å². The van der Waals surface area contributed by atoms with Crippen molar-refractivity contribution < 1.29 is 14.6 Å². The van der Waals surface area contributed by atoms with E-state index in [1.807, 2.05) is 24.5 Å². The summed E-state index contributed by atoms with van der Waals surface area (Å²) in [5.41, 5.74) is 2.09. The molecule has 1 unspecified atom stereocenters. The van der Waals surface area contributed by atoms with Crippen LogP contribution in [0.25, 0.3) is 16.9 Å². The third-order valence-electron chi connectivity index (χ3n) is 4.10. The van der Waals surface area contributed by atoms with E-state index in [9.17, 15) is 9.90 Å². The van der Waals surface area contributed by atoms with Gasteiger partial charge >= 0.3 is 5.97 Å². The summed E-state index contributed by atoms with van der Waals surface area (Å²) in [5.74, 6) is -1.03. The SMILES string of the molecule is O=C(O)c1cnn2ccc(-c3ccn(C4CCCCO4)c3)nc12. The van der Waals surface area contributed by atoms with Gasteiger partial charge in [-0.25, -0.2) is 14.3 Å². The summed E-state index contributed by atoms with van der Waals surface area (Å²) in [4.78, 5) is 15.7. The molecule has 7 heteroatoms. The van der Waals surface area contributed by atoms with E-state index in [1.165, 1.54) is 17.1 Å². The van der Waals surface area contributed by atoms with Crippen molar-refractivity contribution in [2.45, 2.75) is 25.5 Å². The van der Waals surface area contributed by atoms with Gasteiger partial charge in [-0.1, -0.05) is 0 Å². The van der Waals surface area contributed by atoms with Crippen LogP contribution in [-0.2, 0) is 4.74 Å². The van der Waals surface area contributed by atoms with E-state index >= 15 is 0 Å². The van der Waals surface area contributed by atoms with Gasteiger partial charge in [0.15, 0.2) is 5.65 Å². The second kappa shape index (κ2) is 5.51. The molecule has 0 saturated carbocycles. The Bertz CT molecular complexity index is 861. The van der Waals surface area contributed by atoms with E-state index in [0.717, 1.165) is 30.7 Å². The minimum Gasteiger partial charge on any atom is -0.477 e. The standard InChI is InChI=1S/C16H16N4O3/c21-16(22)12-9-17-20-7-5-13(18-15(12)20)11-4-6-19(10-11)14-3-1-2-8-23-14/h4-7,9-10,14H,1-3,8H2,(H,21,22). The second-order valence-corrected chi connectivity index (χ2v) is 5.61. The van der Waals surface area contributed by atoms with Gasteiger partial charge in [0.05, 0.1) is 11.9 Å². The number of hydrogen-bond donors (Lipinski definition) is 1. The van der Waals surface area contributed by atoms with Gasteiger partial charge < -0.3 is 14.4 Å². The van der Waals surface area contributed by atoms with Crippen LogP contribution in [0.2, 0.25) is 0 Å². The summed E-state index contributed by atoms with van der Waals surface area (Å²) in [5, 5.41) is 13.2. The average molecular weight is 312 g/mol. The molecule has 1 atom stereocenters. The molecule has 118 valence electrons. The minimum absolute atomic E-state index is 0.0748. The normalized spacial score (nSPS) is 18.3. The smallest absolute Gasteiger partial charge is 0.341 e. The zero-order valence-electron chi connectivity index (χ0n) is 12.4. The lowest BCUT2D eigenvalue weighted by Crippen LogP contribution is -2.16. The van der Waals surface area contributed by atoms with Crippen LogP contribution in [0.1, 0.15) is 35.8 Å². The molecule has 0 aliphatic carbocycles. The fraction of sp³-hybridized carbons (Fsp3) is 0.312. The average Bonchev–Trinajstić information content (AvgIpc) is 3.22. The van der Waals surface area contributed by atoms with Gasteiger partial charge in [-0.2, -0.15) is 5.10 Å². The molecule has 1 aliphatic rings. The summed E-state index contributed by atoms with van der Waals surface area (Å²) in [6.45, 7) is 0.792. The molecule has 1 fully saturated rings. The molecular weight excluding hydrogens is 296 g/mol. The highest BCUT2D eigenvalue weighted by molar-refractivity contribution is 5.94. The van der Waals surface area contributed by atoms with Crippen LogP contribution in [-0.4, -0.2) is 36.8 Å². The molecule has 1 saturated heterocycles. The van der Waals surface area contributed by atoms with Crippen LogP contribution in [0.3, 0.4) is 0 Å². The number of nitrogens with zero attached hydrogens (tertiary/aromatic N) is 4. The number of carboxylic acid groups (broad SMARTS) is 1. The highest BCUT2D eigenvalue weighted by Gasteiger charge is 2.17. The molecule has 23 heavy (non-hydrogen) atoms. The van der Waals surface area contributed by atoms with Crippen LogP contribution in [0.15, 0.2) is 36.9 Å². The molecule has 1 N–H and O–H groups in total. The van der Waals surface area contributed by atoms with Gasteiger partial charge in [0, 0.05) is 30.8 Å². The zero-order chi connectivity index (χ0) is 15.8. The number of hydrogen-bond acceptors (Lipinski definition) is 4. The van der Waals surface area contributed by atoms with Crippen molar-refractivity contribution in [1.82, 2.24) is 19.2 Å². The van der Waals surface area contributed by atoms with E-state index < -0.39 is 5.97 Å². The molecule has 4 heterocycles. The van der Waals surface area contributed by atoms with Crippen LogP contribution < -0.4 is 0 Å². The molecule has 7 nitrogen and oxygen atoms in total. The maximum absolute atomic E-state index is 11.2. The lowest BCUT2D eigenvalue weighted by molar-refractivity contribution is -0.0317. The van der Waals surface area contributed by atoms with Gasteiger partial charge in [-0.15, -0.1) is 0 Å². The van der Waals surface area contributed by atoms with E-state index in [2.05, 4.69) is 14.6 Å². The minimum atomic E-state index is -1.03. The predicted molar refractivity (Wildman–Crippen MR) is 82.2 cm³/mol. The van der Waals surface area contributed by atoms with Gasteiger partial charge in [-0.3, -0.25) is 0 Å². The van der Waals surface area contributed by atoms with E-state index in [1.54, 1.807) is 6.20 Å². The van der Waals surface area contributed by atoms with Crippen LogP contribution in [0.5, 0.6) is 0 Å². The molecule has 1 aliphatic heterocycles. The predicted octanol–water partition coefficient (Wildman–Crippen LogP) is 2.60. The quantitative estimate of drug-likeness (QED) is 0.804. The van der Waals surface area contributed by atoms with E-state index in [4.69, 9.17) is 4.74 Å². The first-order valence-electron chi connectivity index (χ1n) is 7.59. The Balaban J connectivity index is 1.70. The van der Waals surface area contributed by atoms with Crippen molar-refractivity contribution >= 4 is 11.6 Å². The Morgan fingerprint density at radius 3 is 3.00 bits per heavy atom. The number of aromatic nitrogens is 4. The Morgan fingerprint density at radius 1 is 1.30 bits per heavy atom. The zero-order valence-corrected chi connectivity index (χ0v) is 12.4. The first kappa shape index (κ1) is 14.0. The number of aromatic carboxylic acids is 1. The van der Waals surface area contributed by atoms with Gasteiger partial charge in [0.25, 0.3) is 0 Å². The number of carboxylic acids is 1. The highest BCUT2D eigenvalue weighted by Crippen LogP contribution is 2.26. The first-order valence-corrected chi connectivity index (χ1v) is 7.59. The molecular formula is C16H16N4O3. The number of fused-ring (bicyclic) bond motifs is 1. The fourth-order valence-corrected chi connectivity index (χ4v) is 2.88. The van der Waals surface area contributed by atoms with Crippen molar-refractivity contribution in [3.63, 3.8) is 0 Å². The topological polar surface area (TPSA) is 81.6 Å².